The fourth-order valence-electron chi connectivity index (χ4n) is 5.17. The number of aliphatic hydroxyl groups is 1. The molecular formula is C28H28O3. The Bertz CT molecular complexity index is 1050. The number of aliphatic hydroxyl groups excluding tert-OH is 1. The minimum absolute atomic E-state index is 0.00689. The van der Waals surface area contributed by atoms with Gasteiger partial charge in [0.1, 0.15) is 12.0 Å². The number of hydrogen-bond donors (Lipinski definition) is 1. The SMILES string of the molecule is O=CC1(c2ccc3c(c2)OCC(Cc2ccc(-c4ccccc4)cc2)C3O)CCCC1. The lowest BCUT2D eigenvalue weighted by atomic mass is 9.79. The van der Waals surface area contributed by atoms with Gasteiger partial charge in [-0.3, -0.25) is 0 Å². The highest BCUT2D eigenvalue weighted by Crippen LogP contribution is 2.44. The molecule has 0 aromatic heterocycles. The normalized spacial score (nSPS) is 21.8. The number of hydrogen-bond acceptors (Lipinski definition) is 3. The van der Waals surface area contributed by atoms with Gasteiger partial charge >= 0.3 is 0 Å². The molecule has 2 atom stereocenters. The van der Waals surface area contributed by atoms with Crippen molar-refractivity contribution in [1.29, 1.82) is 0 Å². The van der Waals surface area contributed by atoms with E-state index in [2.05, 4.69) is 36.4 Å². The summed E-state index contributed by atoms with van der Waals surface area (Å²) in [5.74, 6) is 0.737. The first kappa shape index (κ1) is 20.0. The van der Waals surface area contributed by atoms with Gasteiger partial charge in [-0.25, -0.2) is 0 Å². The number of ether oxygens (including phenoxy) is 1. The van der Waals surface area contributed by atoms with Crippen LogP contribution in [0.1, 0.15) is 48.5 Å². The van der Waals surface area contributed by atoms with Crippen LogP contribution in [-0.2, 0) is 16.6 Å². The van der Waals surface area contributed by atoms with E-state index in [1.807, 2.05) is 36.4 Å². The summed E-state index contributed by atoms with van der Waals surface area (Å²) in [7, 11) is 0. The Labute approximate surface area is 183 Å². The minimum atomic E-state index is -0.567. The Morgan fingerprint density at radius 2 is 1.65 bits per heavy atom. The first-order valence-corrected chi connectivity index (χ1v) is 11.2. The Morgan fingerprint density at radius 3 is 2.35 bits per heavy atom. The van der Waals surface area contributed by atoms with Gasteiger partial charge in [-0.15, -0.1) is 0 Å². The first-order valence-electron chi connectivity index (χ1n) is 11.2. The fraction of sp³-hybridized carbons (Fsp3) is 0.321. The topological polar surface area (TPSA) is 46.5 Å². The van der Waals surface area contributed by atoms with Crippen molar-refractivity contribution in [3.05, 3.63) is 89.5 Å². The highest BCUT2D eigenvalue weighted by atomic mass is 16.5. The van der Waals surface area contributed by atoms with E-state index in [0.717, 1.165) is 55.3 Å². The molecule has 158 valence electrons. The van der Waals surface area contributed by atoms with E-state index in [1.54, 1.807) is 0 Å². The smallest absolute Gasteiger partial charge is 0.130 e. The summed E-state index contributed by atoms with van der Waals surface area (Å²) in [5.41, 5.74) is 5.08. The van der Waals surface area contributed by atoms with Crippen molar-refractivity contribution in [2.24, 2.45) is 5.92 Å². The molecule has 1 N–H and O–H groups in total. The summed E-state index contributed by atoms with van der Waals surface area (Å²) in [6.45, 7) is 0.478. The number of carbonyl (C=O) groups is 1. The van der Waals surface area contributed by atoms with Gasteiger partial charge in [0.15, 0.2) is 0 Å². The van der Waals surface area contributed by atoms with Crippen molar-refractivity contribution in [3.8, 4) is 16.9 Å². The molecule has 1 heterocycles. The Balaban J connectivity index is 1.32. The van der Waals surface area contributed by atoms with Crippen molar-refractivity contribution in [1.82, 2.24) is 0 Å². The predicted molar refractivity (Wildman–Crippen MR) is 122 cm³/mol. The van der Waals surface area contributed by atoms with Crippen LogP contribution in [0.4, 0.5) is 0 Å². The molecule has 3 aromatic rings. The maximum atomic E-state index is 11.8. The van der Waals surface area contributed by atoms with Crippen LogP contribution in [-0.4, -0.2) is 18.0 Å². The van der Waals surface area contributed by atoms with E-state index in [1.165, 1.54) is 16.7 Å². The predicted octanol–water partition coefficient (Wildman–Crippen LogP) is 5.65. The molecular weight excluding hydrogens is 384 g/mol. The molecule has 0 radical (unpaired) electrons. The Morgan fingerprint density at radius 1 is 0.935 bits per heavy atom. The minimum Gasteiger partial charge on any atom is -0.493 e. The van der Waals surface area contributed by atoms with Crippen LogP contribution in [0.5, 0.6) is 5.75 Å². The third-order valence-electron chi connectivity index (χ3n) is 7.09. The van der Waals surface area contributed by atoms with Gasteiger partial charge in [-0.1, -0.05) is 79.6 Å². The lowest BCUT2D eigenvalue weighted by Crippen LogP contribution is -2.29. The highest BCUT2D eigenvalue weighted by Gasteiger charge is 2.37. The van der Waals surface area contributed by atoms with Crippen LogP contribution in [0.3, 0.4) is 0 Å². The van der Waals surface area contributed by atoms with E-state index in [4.69, 9.17) is 4.74 Å². The molecule has 0 saturated heterocycles. The maximum Gasteiger partial charge on any atom is 0.130 e. The first-order chi connectivity index (χ1) is 15.2. The zero-order valence-electron chi connectivity index (χ0n) is 17.7. The van der Waals surface area contributed by atoms with Gasteiger partial charge in [-0.2, -0.15) is 0 Å². The number of benzene rings is 3. The van der Waals surface area contributed by atoms with Crippen molar-refractivity contribution >= 4 is 6.29 Å². The van der Waals surface area contributed by atoms with Crippen molar-refractivity contribution in [2.75, 3.05) is 6.61 Å². The van der Waals surface area contributed by atoms with Crippen LogP contribution in [0.2, 0.25) is 0 Å². The molecule has 1 saturated carbocycles. The zero-order chi connectivity index (χ0) is 21.3. The molecule has 0 amide bonds. The van der Waals surface area contributed by atoms with Crippen molar-refractivity contribution < 1.29 is 14.6 Å². The molecule has 5 rings (SSSR count). The molecule has 3 heteroatoms. The largest absolute Gasteiger partial charge is 0.493 e. The van der Waals surface area contributed by atoms with E-state index in [9.17, 15) is 9.90 Å². The number of rotatable bonds is 5. The monoisotopic (exact) mass is 412 g/mol. The average Bonchev–Trinajstić information content (AvgIpc) is 3.32. The number of fused-ring (bicyclic) bond motifs is 1. The summed E-state index contributed by atoms with van der Waals surface area (Å²) >= 11 is 0. The molecule has 3 nitrogen and oxygen atoms in total. The Hall–Kier alpha value is -2.91. The molecule has 0 spiro atoms. The Kier molecular flexibility index (Phi) is 5.37. The van der Waals surface area contributed by atoms with Gasteiger partial charge < -0.3 is 14.6 Å². The van der Waals surface area contributed by atoms with Crippen molar-refractivity contribution in [2.45, 2.75) is 43.6 Å². The summed E-state index contributed by atoms with van der Waals surface area (Å²) < 4.78 is 6.09. The number of aldehydes is 1. The lowest BCUT2D eigenvalue weighted by molar-refractivity contribution is -0.112. The molecule has 2 aliphatic rings. The highest BCUT2D eigenvalue weighted by molar-refractivity contribution is 5.70. The molecule has 31 heavy (non-hydrogen) atoms. The zero-order valence-corrected chi connectivity index (χ0v) is 17.7. The fourth-order valence-corrected chi connectivity index (χ4v) is 5.17. The van der Waals surface area contributed by atoms with Crippen LogP contribution in [0.25, 0.3) is 11.1 Å². The summed E-state index contributed by atoms with van der Waals surface area (Å²) in [5, 5.41) is 11.0. The second-order valence-corrected chi connectivity index (χ2v) is 9.02. The van der Waals surface area contributed by atoms with Gasteiger partial charge in [-0.05, 0) is 47.6 Å². The van der Waals surface area contributed by atoms with Gasteiger partial charge in [0.2, 0.25) is 0 Å². The average molecular weight is 413 g/mol. The summed E-state index contributed by atoms with van der Waals surface area (Å²) in [4.78, 5) is 11.8. The summed E-state index contributed by atoms with van der Waals surface area (Å²) in [6, 6.07) is 24.9. The molecule has 1 aliphatic carbocycles. The van der Waals surface area contributed by atoms with Crippen molar-refractivity contribution in [3.63, 3.8) is 0 Å². The lowest BCUT2D eigenvalue weighted by Gasteiger charge is -2.32. The van der Waals surface area contributed by atoms with Gasteiger partial charge in [0.05, 0.1) is 18.1 Å². The standard InChI is InChI=1S/C28H28O3/c29-19-28(14-4-5-15-28)24-12-13-25-26(17-24)31-18-23(27(25)30)16-20-8-10-22(11-9-20)21-6-2-1-3-7-21/h1-3,6-13,17,19,23,27,30H,4-5,14-16,18H2. The molecule has 3 aromatic carbocycles. The van der Waals surface area contributed by atoms with Gasteiger partial charge in [0, 0.05) is 11.5 Å². The molecule has 2 unspecified atom stereocenters. The second kappa shape index (κ2) is 8.32. The van der Waals surface area contributed by atoms with Crippen LogP contribution >= 0.6 is 0 Å². The summed E-state index contributed by atoms with van der Waals surface area (Å²) in [6.07, 6.45) is 5.29. The molecule has 1 aliphatic heterocycles. The van der Waals surface area contributed by atoms with Crippen LogP contribution in [0.15, 0.2) is 72.8 Å². The van der Waals surface area contributed by atoms with E-state index in [0.29, 0.717) is 6.61 Å². The second-order valence-electron chi connectivity index (χ2n) is 9.02. The third kappa shape index (κ3) is 3.79. The van der Waals surface area contributed by atoms with Crippen LogP contribution < -0.4 is 4.74 Å². The van der Waals surface area contributed by atoms with Crippen LogP contribution in [0, 0.1) is 5.92 Å². The molecule has 0 bridgehead atoms. The molecule has 1 fully saturated rings. The van der Waals surface area contributed by atoms with E-state index >= 15 is 0 Å². The third-order valence-corrected chi connectivity index (χ3v) is 7.09. The number of carbonyl (C=O) groups excluding carboxylic acids is 1. The van der Waals surface area contributed by atoms with E-state index in [-0.39, 0.29) is 11.3 Å². The van der Waals surface area contributed by atoms with E-state index < -0.39 is 6.10 Å². The quantitative estimate of drug-likeness (QED) is 0.551. The maximum absolute atomic E-state index is 11.8. The van der Waals surface area contributed by atoms with Gasteiger partial charge in [0.25, 0.3) is 0 Å².